The molecule has 2 atom stereocenters. The first kappa shape index (κ1) is 12.5. The van der Waals surface area contributed by atoms with Crippen LogP contribution in [0.2, 0.25) is 0 Å². The Morgan fingerprint density at radius 3 is 2.53 bits per heavy atom. The lowest BCUT2D eigenvalue weighted by molar-refractivity contribution is -0.146. The smallest absolute Gasteiger partial charge is 0.321 e. The van der Waals surface area contributed by atoms with E-state index in [1.165, 1.54) is 12.8 Å². The molecule has 1 fully saturated rings. The molecule has 1 rings (SSSR count). The number of carbonyl (C=O) groups is 1. The van der Waals surface area contributed by atoms with Gasteiger partial charge in [-0.2, -0.15) is 0 Å². The van der Waals surface area contributed by atoms with Gasteiger partial charge in [0.1, 0.15) is 6.04 Å². The lowest BCUT2D eigenvalue weighted by atomic mass is 10.0. The van der Waals surface area contributed by atoms with Crippen molar-refractivity contribution in [3.05, 3.63) is 0 Å². The highest BCUT2D eigenvalue weighted by Crippen LogP contribution is 2.22. The zero-order valence-corrected chi connectivity index (χ0v) is 10.1. The third-order valence-electron chi connectivity index (χ3n) is 3.35. The lowest BCUT2D eigenvalue weighted by Gasteiger charge is -2.34. The molecule has 0 bridgehead atoms. The van der Waals surface area contributed by atoms with Crippen molar-refractivity contribution in [2.45, 2.75) is 58.5 Å². The standard InChI is InChI=1S/C12H23NO2/c1-9(2)11(12(14)15)13-8-6-4-5-7-10(13)3/h9-11H,4-8H2,1-3H3,(H,14,15). The van der Waals surface area contributed by atoms with Gasteiger partial charge >= 0.3 is 5.97 Å². The van der Waals surface area contributed by atoms with Crippen LogP contribution in [0.3, 0.4) is 0 Å². The van der Waals surface area contributed by atoms with Gasteiger partial charge in [-0.25, -0.2) is 0 Å². The maximum atomic E-state index is 11.3. The molecule has 1 aliphatic rings. The minimum atomic E-state index is -0.668. The highest BCUT2D eigenvalue weighted by Gasteiger charge is 2.32. The third-order valence-corrected chi connectivity index (χ3v) is 3.35. The van der Waals surface area contributed by atoms with Gasteiger partial charge in [0.2, 0.25) is 0 Å². The summed E-state index contributed by atoms with van der Waals surface area (Å²) in [5.74, 6) is -0.484. The summed E-state index contributed by atoms with van der Waals surface area (Å²) in [4.78, 5) is 13.4. The summed E-state index contributed by atoms with van der Waals surface area (Å²) in [6.07, 6.45) is 4.75. The molecule has 1 aliphatic heterocycles. The van der Waals surface area contributed by atoms with Crippen LogP contribution in [0.15, 0.2) is 0 Å². The van der Waals surface area contributed by atoms with Crippen LogP contribution >= 0.6 is 0 Å². The van der Waals surface area contributed by atoms with Crippen molar-refractivity contribution in [3.8, 4) is 0 Å². The molecule has 1 heterocycles. The van der Waals surface area contributed by atoms with Gasteiger partial charge in [0.15, 0.2) is 0 Å². The van der Waals surface area contributed by atoms with Crippen LogP contribution in [-0.2, 0) is 4.79 Å². The topological polar surface area (TPSA) is 40.5 Å². The van der Waals surface area contributed by atoms with E-state index >= 15 is 0 Å². The number of carboxylic acid groups (broad SMARTS) is 1. The number of hydrogen-bond donors (Lipinski definition) is 1. The zero-order chi connectivity index (χ0) is 11.4. The minimum Gasteiger partial charge on any atom is -0.480 e. The second kappa shape index (κ2) is 5.50. The van der Waals surface area contributed by atoms with Gasteiger partial charge < -0.3 is 5.11 Å². The molecular weight excluding hydrogens is 190 g/mol. The number of carboxylic acids is 1. The molecule has 0 amide bonds. The average molecular weight is 213 g/mol. The van der Waals surface area contributed by atoms with Crippen LogP contribution in [0.1, 0.15) is 46.5 Å². The van der Waals surface area contributed by atoms with Crippen molar-refractivity contribution < 1.29 is 9.90 Å². The summed E-state index contributed by atoms with van der Waals surface area (Å²) >= 11 is 0. The van der Waals surface area contributed by atoms with E-state index in [0.29, 0.717) is 6.04 Å². The summed E-state index contributed by atoms with van der Waals surface area (Å²) < 4.78 is 0. The first-order valence-corrected chi connectivity index (χ1v) is 6.02. The van der Waals surface area contributed by atoms with E-state index in [1.54, 1.807) is 0 Å². The van der Waals surface area contributed by atoms with Crippen LogP contribution in [0, 0.1) is 5.92 Å². The van der Waals surface area contributed by atoms with Crippen molar-refractivity contribution in [1.82, 2.24) is 4.90 Å². The van der Waals surface area contributed by atoms with Crippen molar-refractivity contribution in [3.63, 3.8) is 0 Å². The Kier molecular flexibility index (Phi) is 4.58. The fourth-order valence-corrected chi connectivity index (χ4v) is 2.52. The van der Waals surface area contributed by atoms with Crippen LogP contribution < -0.4 is 0 Å². The molecule has 1 N–H and O–H groups in total. The van der Waals surface area contributed by atoms with Gasteiger partial charge in [-0.1, -0.05) is 26.7 Å². The fourth-order valence-electron chi connectivity index (χ4n) is 2.52. The van der Waals surface area contributed by atoms with Gasteiger partial charge in [-0.05, 0) is 32.2 Å². The summed E-state index contributed by atoms with van der Waals surface area (Å²) in [6.45, 7) is 7.09. The van der Waals surface area contributed by atoms with Crippen molar-refractivity contribution in [2.75, 3.05) is 6.54 Å². The molecule has 15 heavy (non-hydrogen) atoms. The highest BCUT2D eigenvalue weighted by atomic mass is 16.4. The highest BCUT2D eigenvalue weighted by molar-refractivity contribution is 5.73. The quantitative estimate of drug-likeness (QED) is 0.782. The first-order chi connectivity index (χ1) is 7.04. The van der Waals surface area contributed by atoms with Crippen LogP contribution in [0.4, 0.5) is 0 Å². The Morgan fingerprint density at radius 1 is 1.33 bits per heavy atom. The molecule has 0 aromatic rings. The molecule has 0 saturated carbocycles. The average Bonchev–Trinajstić information content (AvgIpc) is 2.31. The SMILES string of the molecule is CC(C)C(C(=O)O)N1CCCCCC1C. The Hall–Kier alpha value is -0.570. The summed E-state index contributed by atoms with van der Waals surface area (Å²) in [7, 11) is 0. The van der Waals surface area contributed by atoms with Crippen LogP contribution in [0.25, 0.3) is 0 Å². The van der Waals surface area contributed by atoms with E-state index in [2.05, 4.69) is 11.8 Å². The molecule has 2 unspecified atom stereocenters. The number of hydrogen-bond acceptors (Lipinski definition) is 2. The maximum Gasteiger partial charge on any atom is 0.321 e. The first-order valence-electron chi connectivity index (χ1n) is 6.02. The predicted octanol–water partition coefficient (Wildman–Crippen LogP) is 2.36. The zero-order valence-electron chi connectivity index (χ0n) is 10.1. The molecule has 0 radical (unpaired) electrons. The summed E-state index contributed by atoms with van der Waals surface area (Å²) in [5, 5.41) is 9.26. The Balaban J connectivity index is 2.75. The molecule has 3 nitrogen and oxygen atoms in total. The largest absolute Gasteiger partial charge is 0.480 e. The minimum absolute atomic E-state index is 0.183. The Morgan fingerprint density at radius 2 is 2.00 bits per heavy atom. The van der Waals surface area contributed by atoms with Crippen molar-refractivity contribution >= 4 is 5.97 Å². The molecule has 0 aromatic heterocycles. The van der Waals surface area contributed by atoms with E-state index in [4.69, 9.17) is 0 Å². The summed E-state index contributed by atoms with van der Waals surface area (Å²) in [6, 6.07) is 0.106. The van der Waals surface area contributed by atoms with Crippen molar-refractivity contribution in [2.24, 2.45) is 5.92 Å². The van der Waals surface area contributed by atoms with Crippen molar-refractivity contribution in [1.29, 1.82) is 0 Å². The van der Waals surface area contributed by atoms with Gasteiger partial charge in [0, 0.05) is 6.04 Å². The number of likely N-dealkylation sites (tertiary alicyclic amines) is 1. The van der Waals surface area contributed by atoms with E-state index in [-0.39, 0.29) is 12.0 Å². The lowest BCUT2D eigenvalue weighted by Crippen LogP contribution is -2.48. The van der Waals surface area contributed by atoms with Crippen LogP contribution in [0.5, 0.6) is 0 Å². The molecular formula is C12H23NO2. The predicted molar refractivity (Wildman–Crippen MR) is 60.9 cm³/mol. The number of nitrogens with zero attached hydrogens (tertiary/aromatic N) is 1. The van der Waals surface area contributed by atoms with Gasteiger partial charge in [-0.15, -0.1) is 0 Å². The Bertz CT molecular complexity index is 216. The van der Waals surface area contributed by atoms with Gasteiger partial charge in [-0.3, -0.25) is 9.69 Å². The van der Waals surface area contributed by atoms with Gasteiger partial charge in [0.25, 0.3) is 0 Å². The normalized spacial score (nSPS) is 26.3. The second-order valence-electron chi connectivity index (χ2n) is 4.96. The summed E-state index contributed by atoms with van der Waals surface area (Å²) in [5.41, 5.74) is 0. The molecule has 0 spiro atoms. The number of aliphatic carboxylic acids is 1. The van der Waals surface area contributed by atoms with E-state index < -0.39 is 5.97 Å². The fraction of sp³-hybridized carbons (Fsp3) is 0.917. The molecule has 0 aliphatic carbocycles. The second-order valence-corrected chi connectivity index (χ2v) is 4.96. The monoisotopic (exact) mass is 213 g/mol. The third kappa shape index (κ3) is 3.20. The van der Waals surface area contributed by atoms with Crippen LogP contribution in [-0.4, -0.2) is 34.6 Å². The molecule has 3 heteroatoms. The Labute approximate surface area is 92.5 Å². The molecule has 0 aromatic carbocycles. The van der Waals surface area contributed by atoms with Gasteiger partial charge in [0.05, 0.1) is 0 Å². The molecule has 88 valence electrons. The maximum absolute atomic E-state index is 11.3. The molecule has 1 saturated heterocycles. The number of rotatable bonds is 3. The van der Waals surface area contributed by atoms with E-state index in [1.807, 2.05) is 13.8 Å². The van der Waals surface area contributed by atoms with E-state index in [0.717, 1.165) is 19.4 Å². The van der Waals surface area contributed by atoms with E-state index in [9.17, 15) is 9.90 Å².